The van der Waals surface area contributed by atoms with Gasteiger partial charge in [0.2, 0.25) is 5.56 Å². The Bertz CT molecular complexity index is 832. The molecule has 2 rings (SSSR count). The third kappa shape index (κ3) is 2.99. The number of nitrogens with zero attached hydrogens (tertiary/aromatic N) is 1. The predicted molar refractivity (Wildman–Crippen MR) is 74.0 cm³/mol. The van der Waals surface area contributed by atoms with Crippen molar-refractivity contribution in [1.82, 2.24) is 4.98 Å². The lowest BCUT2D eigenvalue weighted by atomic mass is 10.2. The first-order valence-corrected chi connectivity index (χ1v) is 7.20. The number of nitrogens with one attached hydrogen (secondary N) is 2. The summed E-state index contributed by atoms with van der Waals surface area (Å²) in [6.07, 6.45) is 1.09. The predicted octanol–water partition coefficient (Wildman–Crippen LogP) is 1.70. The van der Waals surface area contributed by atoms with E-state index in [2.05, 4.69) is 9.71 Å². The summed E-state index contributed by atoms with van der Waals surface area (Å²) in [5.74, 6) is 0. The number of nitriles is 1. The Morgan fingerprint density at radius 1 is 1.25 bits per heavy atom. The van der Waals surface area contributed by atoms with Crippen molar-refractivity contribution in [3.63, 3.8) is 0 Å². The van der Waals surface area contributed by atoms with Crippen LogP contribution in [-0.4, -0.2) is 13.4 Å². The van der Waals surface area contributed by atoms with E-state index in [9.17, 15) is 13.2 Å². The zero-order valence-corrected chi connectivity index (χ0v) is 11.5. The Kier molecular flexibility index (Phi) is 3.79. The lowest BCUT2D eigenvalue weighted by Gasteiger charge is -2.08. The Labute approximate surface area is 119 Å². The molecule has 6 nitrogen and oxygen atoms in total. The summed E-state index contributed by atoms with van der Waals surface area (Å²) in [5, 5.41) is 8.89. The van der Waals surface area contributed by atoms with E-state index >= 15 is 0 Å². The molecule has 0 aliphatic rings. The highest BCUT2D eigenvalue weighted by Crippen LogP contribution is 2.22. The molecule has 2 aromatic rings. The highest BCUT2D eigenvalue weighted by Gasteiger charge is 2.14. The zero-order chi connectivity index (χ0) is 14.8. The van der Waals surface area contributed by atoms with Crippen LogP contribution in [-0.2, 0) is 10.0 Å². The molecule has 0 spiro atoms. The quantitative estimate of drug-likeness (QED) is 0.900. The third-order valence-corrected chi connectivity index (χ3v) is 4.10. The van der Waals surface area contributed by atoms with Crippen LogP contribution < -0.4 is 10.3 Å². The smallest absolute Gasteiger partial charge is 0.263 e. The van der Waals surface area contributed by atoms with Crippen LogP contribution in [0.15, 0.2) is 46.2 Å². The van der Waals surface area contributed by atoms with Gasteiger partial charge in [-0.3, -0.25) is 9.52 Å². The van der Waals surface area contributed by atoms with Crippen LogP contribution in [0.5, 0.6) is 0 Å². The van der Waals surface area contributed by atoms with Crippen molar-refractivity contribution >= 4 is 27.3 Å². The first-order chi connectivity index (χ1) is 9.42. The molecule has 20 heavy (non-hydrogen) atoms. The summed E-state index contributed by atoms with van der Waals surface area (Å²) >= 11 is 5.82. The van der Waals surface area contributed by atoms with Crippen LogP contribution >= 0.6 is 11.6 Å². The van der Waals surface area contributed by atoms with Gasteiger partial charge in [0.05, 0.1) is 16.3 Å². The van der Waals surface area contributed by atoms with Gasteiger partial charge in [0.1, 0.15) is 11.0 Å². The number of hydrogen-bond donors (Lipinski definition) is 2. The second-order valence-corrected chi connectivity index (χ2v) is 5.89. The van der Waals surface area contributed by atoms with Gasteiger partial charge in [0, 0.05) is 12.3 Å². The molecule has 0 saturated carbocycles. The van der Waals surface area contributed by atoms with Crippen molar-refractivity contribution in [3.05, 3.63) is 57.5 Å². The standard InChI is InChI=1S/C12H8ClN3O3S/c13-11-5-9(2-1-8(11)6-14)16-20(18,19)10-3-4-12(17)15-7-10/h1-5,7,16H,(H,15,17). The van der Waals surface area contributed by atoms with Crippen LogP contribution in [0.1, 0.15) is 5.56 Å². The van der Waals surface area contributed by atoms with Crippen molar-refractivity contribution in [2.45, 2.75) is 4.90 Å². The minimum absolute atomic E-state index is 0.0856. The second kappa shape index (κ2) is 5.36. The molecular weight excluding hydrogens is 302 g/mol. The summed E-state index contributed by atoms with van der Waals surface area (Å²) in [6, 6.07) is 8.34. The molecule has 0 aliphatic carbocycles. The summed E-state index contributed by atoms with van der Waals surface area (Å²) in [7, 11) is -3.83. The monoisotopic (exact) mass is 309 g/mol. The molecule has 1 heterocycles. The van der Waals surface area contributed by atoms with Crippen molar-refractivity contribution in [2.75, 3.05) is 4.72 Å². The van der Waals surface area contributed by atoms with E-state index < -0.39 is 15.6 Å². The maximum atomic E-state index is 12.0. The molecule has 0 bridgehead atoms. The molecule has 1 aromatic heterocycles. The Morgan fingerprint density at radius 2 is 2.00 bits per heavy atom. The number of H-pyrrole nitrogens is 1. The normalized spacial score (nSPS) is 10.8. The van der Waals surface area contributed by atoms with Gasteiger partial charge in [-0.1, -0.05) is 11.6 Å². The minimum Gasteiger partial charge on any atom is -0.328 e. The van der Waals surface area contributed by atoms with Crippen molar-refractivity contribution in [2.24, 2.45) is 0 Å². The van der Waals surface area contributed by atoms with Gasteiger partial charge < -0.3 is 4.98 Å². The van der Waals surface area contributed by atoms with Crippen molar-refractivity contribution < 1.29 is 8.42 Å². The highest BCUT2D eigenvalue weighted by molar-refractivity contribution is 7.92. The molecule has 2 N–H and O–H groups in total. The van der Waals surface area contributed by atoms with Crippen LogP contribution in [0.3, 0.4) is 0 Å². The average molecular weight is 310 g/mol. The highest BCUT2D eigenvalue weighted by atomic mass is 35.5. The summed E-state index contributed by atoms with van der Waals surface area (Å²) in [5.41, 5.74) is 0.0734. The Hall–Kier alpha value is -2.30. The fourth-order valence-corrected chi connectivity index (χ4v) is 2.69. The number of halogens is 1. The maximum Gasteiger partial charge on any atom is 0.263 e. The number of benzene rings is 1. The number of aromatic nitrogens is 1. The van der Waals surface area contributed by atoms with E-state index in [1.54, 1.807) is 0 Å². The fraction of sp³-hybridized carbons (Fsp3) is 0. The van der Waals surface area contributed by atoms with Gasteiger partial charge in [-0.15, -0.1) is 0 Å². The zero-order valence-electron chi connectivity index (χ0n) is 9.92. The van der Waals surface area contributed by atoms with Gasteiger partial charge in [0.25, 0.3) is 10.0 Å². The number of rotatable bonds is 3. The average Bonchev–Trinajstić information content (AvgIpc) is 2.39. The van der Waals surface area contributed by atoms with Crippen LogP contribution in [0, 0.1) is 11.3 Å². The van der Waals surface area contributed by atoms with Gasteiger partial charge in [0.15, 0.2) is 0 Å². The molecule has 102 valence electrons. The summed E-state index contributed by atoms with van der Waals surface area (Å²) in [4.78, 5) is 13.1. The number of pyridine rings is 1. The third-order valence-electron chi connectivity index (χ3n) is 2.41. The molecule has 0 amide bonds. The lowest BCUT2D eigenvalue weighted by Crippen LogP contribution is -2.15. The molecule has 0 radical (unpaired) electrons. The molecule has 0 atom stereocenters. The van der Waals surface area contributed by atoms with Gasteiger partial charge in [-0.25, -0.2) is 8.42 Å². The van der Waals surface area contributed by atoms with Gasteiger partial charge in [-0.2, -0.15) is 5.26 Å². The topological polar surface area (TPSA) is 103 Å². The number of aromatic amines is 1. The first-order valence-electron chi connectivity index (χ1n) is 5.33. The molecule has 0 aliphatic heterocycles. The molecule has 0 saturated heterocycles. The number of sulfonamides is 1. The summed E-state index contributed by atoms with van der Waals surface area (Å²) < 4.78 is 26.4. The minimum atomic E-state index is -3.83. The fourth-order valence-electron chi connectivity index (χ4n) is 1.45. The van der Waals surface area contributed by atoms with E-state index in [-0.39, 0.29) is 21.2 Å². The SMILES string of the molecule is N#Cc1ccc(NS(=O)(=O)c2ccc(=O)[nH]c2)cc1Cl. The van der Waals surface area contributed by atoms with Crippen LogP contribution in [0.2, 0.25) is 5.02 Å². The Morgan fingerprint density at radius 3 is 2.55 bits per heavy atom. The van der Waals surface area contributed by atoms with Crippen molar-refractivity contribution in [3.8, 4) is 6.07 Å². The molecule has 0 fully saturated rings. The van der Waals surface area contributed by atoms with E-state index in [1.165, 1.54) is 24.3 Å². The molecular formula is C12H8ClN3O3S. The van der Waals surface area contributed by atoms with Crippen LogP contribution in [0.25, 0.3) is 0 Å². The lowest BCUT2D eigenvalue weighted by molar-refractivity contribution is 0.600. The van der Waals surface area contributed by atoms with E-state index in [0.29, 0.717) is 0 Å². The van der Waals surface area contributed by atoms with E-state index in [1.807, 2.05) is 6.07 Å². The van der Waals surface area contributed by atoms with Gasteiger partial charge >= 0.3 is 0 Å². The molecule has 0 unspecified atom stereocenters. The van der Waals surface area contributed by atoms with Crippen LogP contribution in [0.4, 0.5) is 5.69 Å². The van der Waals surface area contributed by atoms with E-state index in [0.717, 1.165) is 12.3 Å². The number of hydrogen-bond acceptors (Lipinski definition) is 4. The molecule has 8 heteroatoms. The first kappa shape index (κ1) is 14.1. The van der Waals surface area contributed by atoms with Crippen molar-refractivity contribution in [1.29, 1.82) is 5.26 Å². The van der Waals surface area contributed by atoms with Gasteiger partial charge in [-0.05, 0) is 24.3 Å². The van der Waals surface area contributed by atoms with E-state index in [4.69, 9.17) is 16.9 Å². The Balaban J connectivity index is 2.33. The molecule has 1 aromatic carbocycles. The summed E-state index contributed by atoms with van der Waals surface area (Å²) in [6.45, 7) is 0. The number of anilines is 1. The maximum absolute atomic E-state index is 12.0. The second-order valence-electron chi connectivity index (χ2n) is 3.80. The largest absolute Gasteiger partial charge is 0.328 e.